The number of nitrogens with one attached hydrogen (secondary N) is 2. The van der Waals surface area contributed by atoms with Crippen LogP contribution in [0.5, 0.6) is 0 Å². The van der Waals surface area contributed by atoms with Crippen molar-refractivity contribution in [2.24, 2.45) is 11.3 Å². The second-order valence-corrected chi connectivity index (χ2v) is 5.98. The van der Waals surface area contributed by atoms with Crippen LogP contribution in [0, 0.1) is 11.3 Å². The van der Waals surface area contributed by atoms with Gasteiger partial charge in [-0.3, -0.25) is 9.78 Å². The molecule has 2 rings (SSSR count). The summed E-state index contributed by atoms with van der Waals surface area (Å²) in [5.41, 5.74) is 1.42. The molecule has 1 unspecified atom stereocenters. The van der Waals surface area contributed by atoms with Gasteiger partial charge < -0.3 is 15.5 Å². The molecular formula is C15H24N4O. The number of anilines is 2. The van der Waals surface area contributed by atoms with Crippen molar-refractivity contribution in [3.63, 3.8) is 0 Å². The zero-order chi connectivity index (χ0) is 14.8. The Morgan fingerprint density at radius 3 is 2.80 bits per heavy atom. The summed E-state index contributed by atoms with van der Waals surface area (Å²) in [6.07, 6.45) is 4.33. The summed E-state index contributed by atoms with van der Waals surface area (Å²) < 4.78 is 0. The molecular weight excluding hydrogens is 252 g/mol. The fourth-order valence-corrected chi connectivity index (χ4v) is 2.78. The number of rotatable bonds is 4. The Labute approximate surface area is 120 Å². The second-order valence-electron chi connectivity index (χ2n) is 5.98. The third-order valence-electron chi connectivity index (χ3n) is 4.27. The summed E-state index contributed by atoms with van der Waals surface area (Å²) in [5.74, 6) is 0.394. The van der Waals surface area contributed by atoms with E-state index in [0.717, 1.165) is 30.9 Å². The Balaban J connectivity index is 2.23. The van der Waals surface area contributed by atoms with E-state index in [0.29, 0.717) is 5.92 Å². The van der Waals surface area contributed by atoms with E-state index >= 15 is 0 Å². The third-order valence-corrected chi connectivity index (χ3v) is 4.27. The lowest BCUT2D eigenvalue weighted by atomic mass is 9.75. The maximum atomic E-state index is 12.8. The minimum atomic E-state index is -0.320. The van der Waals surface area contributed by atoms with Crippen molar-refractivity contribution in [3.05, 3.63) is 18.5 Å². The molecule has 20 heavy (non-hydrogen) atoms. The predicted octanol–water partition coefficient (Wildman–Crippen LogP) is 1.72. The zero-order valence-corrected chi connectivity index (χ0v) is 12.7. The van der Waals surface area contributed by atoms with E-state index in [2.05, 4.69) is 29.5 Å². The van der Waals surface area contributed by atoms with Gasteiger partial charge in [-0.1, -0.05) is 13.8 Å². The summed E-state index contributed by atoms with van der Waals surface area (Å²) in [7, 11) is 3.92. The number of amides is 1. The van der Waals surface area contributed by atoms with Crippen LogP contribution in [-0.2, 0) is 4.79 Å². The molecule has 110 valence electrons. The van der Waals surface area contributed by atoms with E-state index in [1.165, 1.54) is 0 Å². The van der Waals surface area contributed by atoms with Crippen LogP contribution < -0.4 is 15.5 Å². The molecule has 0 radical (unpaired) electrons. The highest BCUT2D eigenvalue weighted by Crippen LogP contribution is 2.36. The summed E-state index contributed by atoms with van der Waals surface area (Å²) in [6.45, 7) is 5.87. The summed E-state index contributed by atoms with van der Waals surface area (Å²) in [4.78, 5) is 18.9. The van der Waals surface area contributed by atoms with Crippen molar-refractivity contribution in [2.75, 3.05) is 37.4 Å². The van der Waals surface area contributed by atoms with Crippen molar-refractivity contribution >= 4 is 17.3 Å². The molecule has 1 amide bonds. The van der Waals surface area contributed by atoms with E-state index in [1.807, 2.05) is 25.1 Å². The first kappa shape index (κ1) is 14.8. The fraction of sp³-hybridized carbons (Fsp3) is 0.600. The molecule has 1 aliphatic heterocycles. The van der Waals surface area contributed by atoms with Crippen LogP contribution in [0.2, 0.25) is 0 Å². The highest BCUT2D eigenvalue weighted by molar-refractivity contribution is 5.98. The van der Waals surface area contributed by atoms with Gasteiger partial charge in [0.15, 0.2) is 0 Å². The van der Waals surface area contributed by atoms with E-state index < -0.39 is 0 Å². The number of hydrogen-bond acceptors (Lipinski definition) is 4. The molecule has 5 heteroatoms. The Bertz CT molecular complexity index is 479. The normalized spacial score (nSPS) is 22.1. The molecule has 2 N–H and O–H groups in total. The van der Waals surface area contributed by atoms with E-state index in [9.17, 15) is 4.79 Å². The van der Waals surface area contributed by atoms with Crippen LogP contribution in [0.4, 0.5) is 11.4 Å². The van der Waals surface area contributed by atoms with E-state index in [4.69, 9.17) is 0 Å². The van der Waals surface area contributed by atoms with Crippen LogP contribution in [0.1, 0.15) is 20.3 Å². The standard InChI is InChI=1S/C15H24N4O/c1-11(2)15(6-8-17-10-15)14(20)18-12-9-16-7-5-13(12)19(3)4/h5,7,9,11,17H,6,8,10H2,1-4H3,(H,18,20). The fourth-order valence-electron chi connectivity index (χ4n) is 2.78. The van der Waals surface area contributed by atoms with Crippen LogP contribution in [0.15, 0.2) is 18.5 Å². The Morgan fingerprint density at radius 2 is 2.25 bits per heavy atom. The SMILES string of the molecule is CC(C)C1(C(=O)Nc2cnccc2N(C)C)CCNC1. The second kappa shape index (κ2) is 5.79. The highest BCUT2D eigenvalue weighted by atomic mass is 16.2. The number of carbonyl (C=O) groups excluding carboxylic acids is 1. The lowest BCUT2D eigenvalue weighted by Gasteiger charge is -2.31. The predicted molar refractivity (Wildman–Crippen MR) is 82.0 cm³/mol. The van der Waals surface area contributed by atoms with Gasteiger partial charge >= 0.3 is 0 Å². The average Bonchev–Trinajstić information content (AvgIpc) is 2.89. The van der Waals surface area contributed by atoms with Gasteiger partial charge in [0.05, 0.1) is 23.0 Å². The topological polar surface area (TPSA) is 57.3 Å². The molecule has 2 heterocycles. The molecule has 0 bridgehead atoms. The van der Waals surface area contributed by atoms with Crippen molar-refractivity contribution in [3.8, 4) is 0 Å². The van der Waals surface area contributed by atoms with Crippen molar-refractivity contribution in [2.45, 2.75) is 20.3 Å². The lowest BCUT2D eigenvalue weighted by Crippen LogP contribution is -2.42. The lowest BCUT2D eigenvalue weighted by molar-refractivity contribution is -0.126. The van der Waals surface area contributed by atoms with Crippen LogP contribution in [-0.4, -0.2) is 38.1 Å². The molecule has 0 saturated carbocycles. The first-order valence-electron chi connectivity index (χ1n) is 7.11. The van der Waals surface area contributed by atoms with Crippen molar-refractivity contribution in [1.82, 2.24) is 10.3 Å². The number of pyridine rings is 1. The molecule has 1 aliphatic rings. The molecule has 1 atom stereocenters. The zero-order valence-electron chi connectivity index (χ0n) is 12.7. The van der Waals surface area contributed by atoms with Gasteiger partial charge in [0.2, 0.25) is 5.91 Å². The Morgan fingerprint density at radius 1 is 1.50 bits per heavy atom. The smallest absolute Gasteiger partial charge is 0.232 e. The Hall–Kier alpha value is -1.62. The van der Waals surface area contributed by atoms with E-state index in [-0.39, 0.29) is 11.3 Å². The van der Waals surface area contributed by atoms with Gasteiger partial charge in [0.25, 0.3) is 0 Å². The van der Waals surface area contributed by atoms with Crippen LogP contribution in [0.3, 0.4) is 0 Å². The largest absolute Gasteiger partial charge is 0.376 e. The maximum absolute atomic E-state index is 12.8. The average molecular weight is 276 g/mol. The molecule has 0 aliphatic carbocycles. The summed E-state index contributed by atoms with van der Waals surface area (Å²) >= 11 is 0. The van der Waals surface area contributed by atoms with Crippen molar-refractivity contribution in [1.29, 1.82) is 0 Å². The molecule has 0 aromatic carbocycles. The first-order chi connectivity index (χ1) is 9.47. The minimum absolute atomic E-state index is 0.0913. The molecule has 1 fully saturated rings. The van der Waals surface area contributed by atoms with Crippen LogP contribution in [0.25, 0.3) is 0 Å². The van der Waals surface area contributed by atoms with Gasteiger partial charge in [-0.2, -0.15) is 0 Å². The minimum Gasteiger partial charge on any atom is -0.376 e. The van der Waals surface area contributed by atoms with Gasteiger partial charge in [-0.05, 0) is 24.9 Å². The van der Waals surface area contributed by atoms with Gasteiger partial charge in [-0.25, -0.2) is 0 Å². The van der Waals surface area contributed by atoms with E-state index in [1.54, 1.807) is 12.4 Å². The van der Waals surface area contributed by atoms with Crippen LogP contribution >= 0.6 is 0 Å². The van der Waals surface area contributed by atoms with Gasteiger partial charge in [-0.15, -0.1) is 0 Å². The molecule has 1 saturated heterocycles. The molecule has 0 spiro atoms. The van der Waals surface area contributed by atoms with Gasteiger partial charge in [0.1, 0.15) is 0 Å². The first-order valence-corrected chi connectivity index (χ1v) is 7.11. The summed E-state index contributed by atoms with van der Waals surface area (Å²) in [6, 6.07) is 1.91. The maximum Gasteiger partial charge on any atom is 0.232 e. The number of hydrogen-bond donors (Lipinski definition) is 2. The number of carbonyl (C=O) groups is 1. The Kier molecular flexibility index (Phi) is 4.28. The van der Waals surface area contributed by atoms with Gasteiger partial charge in [0, 0.05) is 26.8 Å². The number of aromatic nitrogens is 1. The number of nitrogens with zero attached hydrogens (tertiary/aromatic N) is 2. The quantitative estimate of drug-likeness (QED) is 0.879. The third kappa shape index (κ3) is 2.63. The molecule has 5 nitrogen and oxygen atoms in total. The summed E-state index contributed by atoms with van der Waals surface area (Å²) in [5, 5.41) is 6.38. The van der Waals surface area contributed by atoms with Crippen molar-refractivity contribution < 1.29 is 4.79 Å². The molecule has 1 aromatic rings. The molecule has 1 aromatic heterocycles. The highest BCUT2D eigenvalue weighted by Gasteiger charge is 2.44. The monoisotopic (exact) mass is 276 g/mol.